The first-order valence-electron chi connectivity index (χ1n) is 4.00. The van der Waals surface area contributed by atoms with Gasteiger partial charge in [0.1, 0.15) is 5.82 Å². The third-order valence-electron chi connectivity index (χ3n) is 1.61. The number of aliphatic hydroxyl groups excluding tert-OH is 1. The Bertz CT molecular complexity index is 323. The summed E-state index contributed by atoms with van der Waals surface area (Å²) in [5.41, 5.74) is 6.18. The highest BCUT2D eigenvalue weighted by atomic mass is 19.1. The average molecular weight is 197 g/mol. The summed E-state index contributed by atoms with van der Waals surface area (Å²) in [6.07, 6.45) is 1.37. The van der Waals surface area contributed by atoms with Gasteiger partial charge in [0.25, 0.3) is 0 Å². The van der Waals surface area contributed by atoms with Crippen LogP contribution in [0.3, 0.4) is 0 Å². The number of rotatable bonds is 3. The lowest BCUT2D eigenvalue weighted by Gasteiger charge is -2.14. The summed E-state index contributed by atoms with van der Waals surface area (Å²) in [6.45, 7) is -0.269. The quantitative estimate of drug-likeness (QED) is 0.481. The maximum absolute atomic E-state index is 12.5. The minimum atomic E-state index is -0.332. The maximum Gasteiger partial charge on any atom is 0.123 e. The van der Waals surface area contributed by atoms with Gasteiger partial charge in [0, 0.05) is 6.20 Å². The Labute approximate surface area is 81.2 Å². The molecule has 0 spiro atoms. The van der Waals surface area contributed by atoms with Crippen LogP contribution >= 0.6 is 0 Å². The molecule has 76 valence electrons. The lowest BCUT2D eigenvalue weighted by atomic mass is 10.3. The van der Waals surface area contributed by atoms with E-state index in [1.165, 1.54) is 35.5 Å². The van der Waals surface area contributed by atoms with Crippen molar-refractivity contribution in [3.8, 4) is 0 Å². The van der Waals surface area contributed by atoms with Crippen molar-refractivity contribution in [1.82, 2.24) is 0 Å². The van der Waals surface area contributed by atoms with Crippen LogP contribution in [-0.4, -0.2) is 11.7 Å². The molecule has 0 saturated heterocycles. The molecule has 0 atom stereocenters. The maximum atomic E-state index is 12.5. The SMILES string of the molecule is N/C(=C\N(N)c1ccc(F)cc1)CO. The highest BCUT2D eigenvalue weighted by Gasteiger charge is 1.98. The van der Waals surface area contributed by atoms with Crippen LogP contribution in [0.25, 0.3) is 0 Å². The van der Waals surface area contributed by atoms with Crippen LogP contribution in [0.1, 0.15) is 0 Å². The first kappa shape index (κ1) is 10.5. The summed E-state index contributed by atoms with van der Waals surface area (Å²) in [7, 11) is 0. The van der Waals surface area contributed by atoms with Gasteiger partial charge in [-0.05, 0) is 24.3 Å². The first-order valence-corrected chi connectivity index (χ1v) is 4.00. The number of halogens is 1. The third kappa shape index (κ3) is 2.72. The molecule has 1 aromatic rings. The van der Waals surface area contributed by atoms with Gasteiger partial charge in [-0.1, -0.05) is 0 Å². The molecule has 0 amide bonds. The summed E-state index contributed by atoms with van der Waals surface area (Å²) < 4.78 is 12.5. The first-order chi connectivity index (χ1) is 6.63. The monoisotopic (exact) mass is 197 g/mol. The molecule has 5 heteroatoms. The van der Waals surface area contributed by atoms with Gasteiger partial charge < -0.3 is 10.8 Å². The standard InChI is InChI=1S/C9H12FN3O/c10-7-1-3-9(4-2-7)13(12)5-8(11)6-14/h1-5,14H,6,11-12H2/b8-5-. The molecule has 0 fully saturated rings. The van der Waals surface area contributed by atoms with Gasteiger partial charge in [0.2, 0.25) is 0 Å². The zero-order valence-electron chi connectivity index (χ0n) is 7.52. The normalized spacial score (nSPS) is 11.5. The van der Waals surface area contributed by atoms with E-state index >= 15 is 0 Å². The average Bonchev–Trinajstić information content (AvgIpc) is 2.18. The molecular formula is C9H12FN3O. The van der Waals surface area contributed by atoms with Crippen LogP contribution in [0.5, 0.6) is 0 Å². The van der Waals surface area contributed by atoms with Gasteiger partial charge >= 0.3 is 0 Å². The molecule has 1 rings (SSSR count). The van der Waals surface area contributed by atoms with Crippen LogP contribution in [0.2, 0.25) is 0 Å². The summed E-state index contributed by atoms with van der Waals surface area (Å²) >= 11 is 0. The zero-order valence-corrected chi connectivity index (χ0v) is 7.52. The third-order valence-corrected chi connectivity index (χ3v) is 1.61. The summed E-state index contributed by atoms with van der Waals surface area (Å²) in [5, 5.41) is 9.85. The van der Waals surface area contributed by atoms with E-state index in [0.29, 0.717) is 5.69 Å². The molecule has 0 aliphatic carbocycles. The topological polar surface area (TPSA) is 75.5 Å². The Kier molecular flexibility index (Phi) is 3.44. The highest BCUT2D eigenvalue weighted by molar-refractivity contribution is 5.47. The highest BCUT2D eigenvalue weighted by Crippen LogP contribution is 2.11. The van der Waals surface area contributed by atoms with Crippen molar-refractivity contribution in [1.29, 1.82) is 0 Å². The molecule has 0 aliphatic heterocycles. The molecule has 1 aromatic carbocycles. The molecular weight excluding hydrogens is 185 g/mol. The second-order valence-corrected chi connectivity index (χ2v) is 2.75. The minimum absolute atomic E-state index is 0.233. The molecule has 0 aromatic heterocycles. The predicted octanol–water partition coefficient (Wildman–Crippen LogP) is 0.298. The van der Waals surface area contributed by atoms with Crippen molar-refractivity contribution in [3.05, 3.63) is 42.0 Å². The van der Waals surface area contributed by atoms with Gasteiger partial charge in [0.05, 0.1) is 18.0 Å². The Morgan fingerprint density at radius 2 is 2.00 bits per heavy atom. The summed E-state index contributed by atoms with van der Waals surface area (Å²) in [6, 6.07) is 5.60. The fourth-order valence-corrected chi connectivity index (χ4v) is 0.907. The molecule has 0 saturated carbocycles. The fourth-order valence-electron chi connectivity index (χ4n) is 0.907. The number of benzene rings is 1. The molecule has 0 radical (unpaired) electrons. The Hall–Kier alpha value is -1.59. The van der Waals surface area contributed by atoms with Crippen molar-refractivity contribution < 1.29 is 9.50 Å². The van der Waals surface area contributed by atoms with Crippen LogP contribution in [0.15, 0.2) is 36.2 Å². The van der Waals surface area contributed by atoms with E-state index in [1.54, 1.807) is 0 Å². The van der Waals surface area contributed by atoms with Gasteiger partial charge in [-0.25, -0.2) is 10.2 Å². The summed E-state index contributed by atoms with van der Waals surface area (Å²) in [4.78, 5) is 0. The van der Waals surface area contributed by atoms with E-state index < -0.39 is 0 Å². The number of nitrogens with zero attached hydrogens (tertiary/aromatic N) is 1. The number of hydrazine groups is 1. The molecule has 0 aliphatic rings. The van der Waals surface area contributed by atoms with Crippen LogP contribution in [0.4, 0.5) is 10.1 Å². The van der Waals surface area contributed by atoms with E-state index in [9.17, 15) is 4.39 Å². The Morgan fingerprint density at radius 3 is 2.50 bits per heavy atom. The smallest absolute Gasteiger partial charge is 0.123 e. The molecule has 0 bridgehead atoms. The van der Waals surface area contributed by atoms with Crippen molar-refractivity contribution in [2.75, 3.05) is 11.6 Å². The molecule has 14 heavy (non-hydrogen) atoms. The number of aliphatic hydroxyl groups is 1. The van der Waals surface area contributed by atoms with E-state index in [0.717, 1.165) is 0 Å². The predicted molar refractivity (Wildman–Crippen MR) is 52.4 cm³/mol. The van der Waals surface area contributed by atoms with Crippen LogP contribution < -0.4 is 16.6 Å². The molecule has 5 N–H and O–H groups in total. The molecule has 0 heterocycles. The van der Waals surface area contributed by atoms with E-state index in [2.05, 4.69) is 0 Å². The van der Waals surface area contributed by atoms with Crippen molar-refractivity contribution in [3.63, 3.8) is 0 Å². The van der Waals surface area contributed by atoms with Crippen molar-refractivity contribution in [2.24, 2.45) is 11.6 Å². The van der Waals surface area contributed by atoms with E-state index in [1.807, 2.05) is 0 Å². The second-order valence-electron chi connectivity index (χ2n) is 2.75. The second kappa shape index (κ2) is 4.59. The number of anilines is 1. The zero-order chi connectivity index (χ0) is 10.6. The number of hydrogen-bond acceptors (Lipinski definition) is 4. The molecule has 0 unspecified atom stereocenters. The van der Waals surface area contributed by atoms with Crippen LogP contribution in [-0.2, 0) is 0 Å². The minimum Gasteiger partial charge on any atom is -0.399 e. The van der Waals surface area contributed by atoms with Gasteiger partial charge in [-0.15, -0.1) is 0 Å². The number of nitrogens with two attached hydrogens (primary N) is 2. The molecule has 4 nitrogen and oxygen atoms in total. The lowest BCUT2D eigenvalue weighted by Crippen LogP contribution is -2.26. The summed E-state index contributed by atoms with van der Waals surface area (Å²) in [5.74, 6) is 5.23. The fraction of sp³-hybridized carbons (Fsp3) is 0.111. The largest absolute Gasteiger partial charge is 0.399 e. The van der Waals surface area contributed by atoms with Gasteiger partial charge in [-0.3, -0.25) is 5.01 Å². The number of hydrogen-bond donors (Lipinski definition) is 3. The van der Waals surface area contributed by atoms with Crippen molar-refractivity contribution in [2.45, 2.75) is 0 Å². The van der Waals surface area contributed by atoms with Gasteiger partial charge in [-0.2, -0.15) is 0 Å². The van der Waals surface area contributed by atoms with Gasteiger partial charge in [0.15, 0.2) is 0 Å². The van der Waals surface area contributed by atoms with Crippen LogP contribution in [0, 0.1) is 5.82 Å². The Morgan fingerprint density at radius 1 is 1.43 bits per heavy atom. The van der Waals surface area contributed by atoms with E-state index in [4.69, 9.17) is 16.7 Å². The Balaban J connectivity index is 2.79. The van der Waals surface area contributed by atoms with Crippen molar-refractivity contribution >= 4 is 5.69 Å². The van der Waals surface area contributed by atoms with E-state index in [-0.39, 0.29) is 18.1 Å². The lowest BCUT2D eigenvalue weighted by molar-refractivity contribution is 0.329.